The van der Waals surface area contributed by atoms with Gasteiger partial charge < -0.3 is 10.2 Å². The molecule has 0 spiro atoms. The van der Waals surface area contributed by atoms with Crippen molar-refractivity contribution < 1.29 is 0 Å². The number of nitrogens with zero attached hydrogens (tertiary/aromatic N) is 1. The zero-order valence-electron chi connectivity index (χ0n) is 12.8. The minimum Gasteiger partial charge on any atom is -0.370 e. The van der Waals surface area contributed by atoms with Gasteiger partial charge in [-0.1, -0.05) is 43.9 Å². The van der Waals surface area contributed by atoms with Gasteiger partial charge in [-0.15, -0.1) is 0 Å². The summed E-state index contributed by atoms with van der Waals surface area (Å²) >= 11 is 0. The fraction of sp³-hybridized carbons (Fsp3) is 0.667. The first-order chi connectivity index (χ1) is 9.83. The van der Waals surface area contributed by atoms with Gasteiger partial charge in [0.25, 0.3) is 0 Å². The van der Waals surface area contributed by atoms with Crippen LogP contribution in [0.15, 0.2) is 24.3 Å². The predicted octanol–water partition coefficient (Wildman–Crippen LogP) is 3.61. The first kappa shape index (κ1) is 13.9. The van der Waals surface area contributed by atoms with Crippen LogP contribution < -0.4 is 10.2 Å². The molecule has 3 rings (SSSR count). The molecular formula is C18H28N2. The molecule has 1 aliphatic heterocycles. The van der Waals surface area contributed by atoms with E-state index in [9.17, 15) is 0 Å². The van der Waals surface area contributed by atoms with Crippen LogP contribution in [-0.2, 0) is 6.42 Å². The summed E-state index contributed by atoms with van der Waals surface area (Å²) in [6.45, 7) is 3.63. The van der Waals surface area contributed by atoms with E-state index >= 15 is 0 Å². The molecule has 0 radical (unpaired) electrons. The molecule has 20 heavy (non-hydrogen) atoms. The summed E-state index contributed by atoms with van der Waals surface area (Å²) < 4.78 is 0. The summed E-state index contributed by atoms with van der Waals surface area (Å²) in [6.07, 6.45) is 9.71. The molecule has 0 saturated heterocycles. The number of fused-ring (bicyclic) bond motifs is 1. The summed E-state index contributed by atoms with van der Waals surface area (Å²) in [7, 11) is 2.12. The van der Waals surface area contributed by atoms with Crippen molar-refractivity contribution in [3.63, 3.8) is 0 Å². The van der Waals surface area contributed by atoms with E-state index in [4.69, 9.17) is 0 Å². The van der Waals surface area contributed by atoms with Crippen LogP contribution in [0.25, 0.3) is 0 Å². The number of hydrogen-bond acceptors (Lipinski definition) is 2. The lowest BCUT2D eigenvalue weighted by molar-refractivity contribution is 0.243. The fourth-order valence-electron chi connectivity index (χ4n) is 4.22. The lowest BCUT2D eigenvalue weighted by Gasteiger charge is -2.37. The van der Waals surface area contributed by atoms with Crippen molar-refractivity contribution in [2.24, 2.45) is 5.41 Å². The molecule has 2 aliphatic rings. The molecule has 1 N–H and O–H groups in total. The van der Waals surface area contributed by atoms with E-state index < -0.39 is 0 Å². The summed E-state index contributed by atoms with van der Waals surface area (Å²) in [6, 6.07) is 8.98. The number of nitrogens with one attached hydrogen (secondary N) is 1. The monoisotopic (exact) mass is 272 g/mol. The molecule has 1 aliphatic carbocycles. The molecule has 1 aromatic rings. The number of benzene rings is 1. The largest absolute Gasteiger partial charge is 0.370 e. The Morgan fingerprint density at radius 3 is 2.60 bits per heavy atom. The maximum Gasteiger partial charge on any atom is 0.0399 e. The molecular weight excluding hydrogens is 244 g/mol. The Morgan fingerprint density at radius 2 is 1.85 bits per heavy atom. The van der Waals surface area contributed by atoms with Crippen molar-refractivity contribution >= 4 is 5.69 Å². The summed E-state index contributed by atoms with van der Waals surface area (Å²) in [5.74, 6) is 0. The van der Waals surface area contributed by atoms with Crippen molar-refractivity contribution in [3.8, 4) is 0 Å². The predicted molar refractivity (Wildman–Crippen MR) is 86.4 cm³/mol. The topological polar surface area (TPSA) is 15.3 Å². The lowest BCUT2D eigenvalue weighted by atomic mass is 9.79. The average Bonchev–Trinajstić information content (AvgIpc) is 2.72. The van der Waals surface area contributed by atoms with E-state index in [1.807, 2.05) is 0 Å². The van der Waals surface area contributed by atoms with Gasteiger partial charge in [-0.05, 0) is 37.9 Å². The Morgan fingerprint density at radius 1 is 1.10 bits per heavy atom. The SMILES string of the molecule is CNCC1(CN2CCc3ccccc32)CCCCCC1. The van der Waals surface area contributed by atoms with E-state index in [1.54, 1.807) is 5.56 Å². The van der Waals surface area contributed by atoms with Gasteiger partial charge in [-0.2, -0.15) is 0 Å². The standard InChI is InChI=1S/C18H28N2/c1-19-14-18(11-6-2-3-7-12-18)15-20-13-10-16-8-4-5-9-17(16)20/h4-5,8-9,19H,2-3,6-7,10-15H2,1H3. The first-order valence-corrected chi connectivity index (χ1v) is 8.30. The number of hydrogen-bond donors (Lipinski definition) is 1. The van der Waals surface area contributed by atoms with Crippen molar-refractivity contribution in [3.05, 3.63) is 29.8 Å². The van der Waals surface area contributed by atoms with Crippen LogP contribution in [0.4, 0.5) is 5.69 Å². The third-order valence-electron chi connectivity index (χ3n) is 5.23. The first-order valence-electron chi connectivity index (χ1n) is 8.30. The van der Waals surface area contributed by atoms with Crippen LogP contribution in [0, 0.1) is 5.41 Å². The second-order valence-electron chi connectivity index (χ2n) is 6.74. The molecule has 0 amide bonds. The highest BCUT2D eigenvalue weighted by Gasteiger charge is 2.34. The molecule has 1 saturated carbocycles. The minimum absolute atomic E-state index is 0.489. The van der Waals surface area contributed by atoms with Gasteiger partial charge in [0.15, 0.2) is 0 Å². The Balaban J connectivity index is 1.77. The number of para-hydroxylation sites is 1. The highest BCUT2D eigenvalue weighted by molar-refractivity contribution is 5.57. The normalized spacial score (nSPS) is 21.6. The average molecular weight is 272 g/mol. The van der Waals surface area contributed by atoms with E-state index in [0.29, 0.717) is 5.41 Å². The maximum atomic E-state index is 3.48. The molecule has 0 bridgehead atoms. The maximum absolute atomic E-state index is 3.48. The van der Waals surface area contributed by atoms with Crippen molar-refractivity contribution in [1.82, 2.24) is 5.32 Å². The van der Waals surface area contributed by atoms with Gasteiger partial charge in [0.05, 0.1) is 0 Å². The number of anilines is 1. The summed E-state index contributed by atoms with van der Waals surface area (Å²) in [4.78, 5) is 2.65. The third kappa shape index (κ3) is 2.85. The minimum atomic E-state index is 0.489. The highest BCUT2D eigenvalue weighted by atomic mass is 15.2. The third-order valence-corrected chi connectivity index (χ3v) is 5.23. The molecule has 2 heteroatoms. The van der Waals surface area contributed by atoms with E-state index in [0.717, 1.165) is 0 Å². The van der Waals surface area contributed by atoms with Crippen LogP contribution in [0.5, 0.6) is 0 Å². The van der Waals surface area contributed by atoms with Crippen molar-refractivity contribution in [2.45, 2.75) is 44.9 Å². The van der Waals surface area contributed by atoms with Crippen LogP contribution >= 0.6 is 0 Å². The molecule has 0 aromatic heterocycles. The smallest absolute Gasteiger partial charge is 0.0399 e. The van der Waals surface area contributed by atoms with Crippen LogP contribution in [0.2, 0.25) is 0 Å². The molecule has 1 heterocycles. The molecule has 1 aromatic carbocycles. The lowest BCUT2D eigenvalue weighted by Crippen LogP contribution is -2.43. The number of rotatable bonds is 4. The quantitative estimate of drug-likeness (QED) is 0.842. The Kier molecular flexibility index (Phi) is 4.30. The highest BCUT2D eigenvalue weighted by Crippen LogP contribution is 2.38. The van der Waals surface area contributed by atoms with E-state index in [-0.39, 0.29) is 0 Å². The Bertz CT molecular complexity index is 433. The Hall–Kier alpha value is -1.02. The van der Waals surface area contributed by atoms with Gasteiger partial charge in [0.1, 0.15) is 0 Å². The summed E-state index contributed by atoms with van der Waals surface area (Å²) in [5.41, 5.74) is 3.52. The van der Waals surface area contributed by atoms with Gasteiger partial charge in [-0.25, -0.2) is 0 Å². The molecule has 0 atom stereocenters. The second-order valence-corrected chi connectivity index (χ2v) is 6.74. The van der Waals surface area contributed by atoms with E-state index in [2.05, 4.69) is 41.5 Å². The molecule has 1 fully saturated rings. The van der Waals surface area contributed by atoms with Crippen molar-refractivity contribution in [1.29, 1.82) is 0 Å². The van der Waals surface area contributed by atoms with Gasteiger partial charge in [-0.3, -0.25) is 0 Å². The van der Waals surface area contributed by atoms with Crippen LogP contribution in [-0.4, -0.2) is 26.7 Å². The molecule has 2 nitrogen and oxygen atoms in total. The zero-order valence-corrected chi connectivity index (χ0v) is 12.8. The second kappa shape index (κ2) is 6.17. The van der Waals surface area contributed by atoms with Crippen LogP contribution in [0.3, 0.4) is 0 Å². The van der Waals surface area contributed by atoms with Crippen LogP contribution in [0.1, 0.15) is 44.1 Å². The van der Waals surface area contributed by atoms with E-state index in [1.165, 1.54) is 70.3 Å². The van der Waals surface area contributed by atoms with Crippen molar-refractivity contribution in [2.75, 3.05) is 31.6 Å². The summed E-state index contributed by atoms with van der Waals surface area (Å²) in [5, 5.41) is 3.48. The fourth-order valence-corrected chi connectivity index (χ4v) is 4.22. The molecule has 0 unspecified atom stereocenters. The zero-order chi connectivity index (χ0) is 13.8. The van der Waals surface area contributed by atoms with Gasteiger partial charge in [0, 0.05) is 30.7 Å². The Labute approximate surface area is 123 Å². The van der Waals surface area contributed by atoms with Gasteiger partial charge in [0.2, 0.25) is 0 Å². The molecule has 110 valence electrons. The van der Waals surface area contributed by atoms with Gasteiger partial charge >= 0.3 is 0 Å².